The molecule has 6 nitrogen and oxygen atoms in total. The second-order valence-corrected chi connectivity index (χ2v) is 6.91. The summed E-state index contributed by atoms with van der Waals surface area (Å²) >= 11 is 0. The normalized spacial score (nSPS) is 15.3. The summed E-state index contributed by atoms with van der Waals surface area (Å²) in [5, 5.41) is 6.17. The number of rotatable bonds is 8. The maximum atomic E-state index is 12.3. The fourth-order valence-electron chi connectivity index (χ4n) is 2.95. The molecule has 2 N–H and O–H groups in total. The third kappa shape index (κ3) is 9.17. The second kappa shape index (κ2) is 11.6. The third-order valence-corrected chi connectivity index (χ3v) is 4.44. The van der Waals surface area contributed by atoms with Gasteiger partial charge in [-0.1, -0.05) is 24.3 Å². The summed E-state index contributed by atoms with van der Waals surface area (Å²) in [6, 6.07) is 7.05. The van der Waals surface area contributed by atoms with Gasteiger partial charge in [-0.3, -0.25) is 4.79 Å². The highest BCUT2D eigenvalue weighted by atomic mass is 19.4. The van der Waals surface area contributed by atoms with Gasteiger partial charge in [0, 0.05) is 19.6 Å². The van der Waals surface area contributed by atoms with Gasteiger partial charge < -0.3 is 20.3 Å². The Balaban J connectivity index is 1.81. The Hall–Kier alpha value is -2.29. The molecule has 1 saturated heterocycles. The van der Waals surface area contributed by atoms with Gasteiger partial charge in [-0.2, -0.15) is 13.2 Å². The minimum absolute atomic E-state index is 0.0681. The maximum absolute atomic E-state index is 12.3. The molecule has 0 bridgehead atoms. The molecule has 0 aromatic heterocycles. The Labute approximate surface area is 169 Å². The van der Waals surface area contributed by atoms with Crippen molar-refractivity contribution in [3.05, 3.63) is 35.4 Å². The Morgan fingerprint density at radius 3 is 2.38 bits per heavy atom. The molecule has 1 aromatic rings. The summed E-state index contributed by atoms with van der Waals surface area (Å²) < 4.78 is 41.0. The number of carbonyl (C=O) groups is 1. The van der Waals surface area contributed by atoms with E-state index in [1.807, 2.05) is 11.8 Å². The SMILES string of the molecule is CCNC(=NCc1ccc(COCC(F)(F)F)cc1)NCC(=O)N1CCCCC1. The zero-order chi connectivity index (χ0) is 21.1. The number of nitrogens with zero attached hydrogens (tertiary/aromatic N) is 2. The lowest BCUT2D eigenvalue weighted by Gasteiger charge is -2.27. The number of carbonyl (C=O) groups excluding carboxylic acids is 1. The number of nitrogens with one attached hydrogen (secondary N) is 2. The Morgan fingerprint density at radius 1 is 1.10 bits per heavy atom. The van der Waals surface area contributed by atoms with Gasteiger partial charge in [0.15, 0.2) is 5.96 Å². The molecule has 0 spiro atoms. The molecule has 1 amide bonds. The van der Waals surface area contributed by atoms with Crippen LogP contribution in [-0.4, -0.2) is 55.7 Å². The van der Waals surface area contributed by atoms with Crippen molar-refractivity contribution in [1.29, 1.82) is 0 Å². The zero-order valence-corrected chi connectivity index (χ0v) is 16.7. The van der Waals surface area contributed by atoms with Crippen LogP contribution in [0.25, 0.3) is 0 Å². The zero-order valence-electron chi connectivity index (χ0n) is 16.7. The number of alkyl halides is 3. The van der Waals surface area contributed by atoms with Gasteiger partial charge in [-0.15, -0.1) is 0 Å². The number of hydrogen-bond acceptors (Lipinski definition) is 3. The van der Waals surface area contributed by atoms with E-state index in [9.17, 15) is 18.0 Å². The van der Waals surface area contributed by atoms with E-state index >= 15 is 0 Å². The number of hydrogen-bond donors (Lipinski definition) is 2. The summed E-state index contributed by atoms with van der Waals surface area (Å²) in [5.41, 5.74) is 1.57. The number of amides is 1. The number of likely N-dealkylation sites (tertiary alicyclic amines) is 1. The molecule has 1 fully saturated rings. The lowest BCUT2D eigenvalue weighted by molar-refractivity contribution is -0.176. The average Bonchev–Trinajstić information content (AvgIpc) is 2.70. The molecule has 0 saturated carbocycles. The highest BCUT2D eigenvalue weighted by molar-refractivity contribution is 5.86. The molecule has 1 aromatic carbocycles. The van der Waals surface area contributed by atoms with Crippen LogP contribution < -0.4 is 10.6 Å². The van der Waals surface area contributed by atoms with Crippen molar-refractivity contribution in [1.82, 2.24) is 15.5 Å². The Kier molecular flexibility index (Phi) is 9.24. The summed E-state index contributed by atoms with van der Waals surface area (Å²) in [6.45, 7) is 3.47. The molecule has 1 aliphatic heterocycles. The Bertz CT molecular complexity index is 657. The largest absolute Gasteiger partial charge is 0.411 e. The summed E-state index contributed by atoms with van der Waals surface area (Å²) in [5.74, 6) is 0.619. The quantitative estimate of drug-likeness (QED) is 0.507. The molecular weight excluding hydrogens is 385 g/mol. The number of piperidine rings is 1. The topological polar surface area (TPSA) is 66.0 Å². The third-order valence-electron chi connectivity index (χ3n) is 4.44. The number of aliphatic imine (C=N–C) groups is 1. The fourth-order valence-corrected chi connectivity index (χ4v) is 2.95. The van der Waals surface area contributed by atoms with Gasteiger partial charge in [0.25, 0.3) is 0 Å². The number of benzene rings is 1. The first kappa shape index (κ1) is 23.0. The van der Waals surface area contributed by atoms with E-state index in [0.29, 0.717) is 24.6 Å². The lowest BCUT2D eigenvalue weighted by atomic mass is 10.1. The van der Waals surface area contributed by atoms with Crippen LogP contribution in [0.3, 0.4) is 0 Å². The van der Waals surface area contributed by atoms with Crippen molar-refractivity contribution in [2.45, 2.75) is 45.5 Å². The predicted octanol–water partition coefficient (Wildman–Crippen LogP) is 2.83. The molecule has 9 heteroatoms. The van der Waals surface area contributed by atoms with Crippen molar-refractivity contribution in [3.8, 4) is 0 Å². The van der Waals surface area contributed by atoms with Gasteiger partial charge in [0.1, 0.15) is 6.61 Å². The van der Waals surface area contributed by atoms with E-state index in [-0.39, 0.29) is 19.1 Å². The minimum Gasteiger partial charge on any atom is -0.367 e. The van der Waals surface area contributed by atoms with Crippen molar-refractivity contribution >= 4 is 11.9 Å². The smallest absolute Gasteiger partial charge is 0.367 e. The van der Waals surface area contributed by atoms with Crippen LogP contribution in [0.15, 0.2) is 29.3 Å². The van der Waals surface area contributed by atoms with Gasteiger partial charge in [0.05, 0.1) is 19.7 Å². The van der Waals surface area contributed by atoms with Crippen LogP contribution in [-0.2, 0) is 22.7 Å². The van der Waals surface area contributed by atoms with Crippen LogP contribution in [0, 0.1) is 0 Å². The molecule has 0 unspecified atom stereocenters. The molecule has 1 heterocycles. The summed E-state index contributed by atoms with van der Waals surface area (Å²) in [6.07, 6.45) is -1.04. The van der Waals surface area contributed by atoms with Crippen LogP contribution in [0.1, 0.15) is 37.3 Å². The van der Waals surface area contributed by atoms with E-state index < -0.39 is 12.8 Å². The molecule has 29 heavy (non-hydrogen) atoms. The molecule has 0 radical (unpaired) electrons. The minimum atomic E-state index is -4.32. The van der Waals surface area contributed by atoms with Crippen LogP contribution in [0.4, 0.5) is 13.2 Å². The van der Waals surface area contributed by atoms with Gasteiger partial charge in [0.2, 0.25) is 5.91 Å². The monoisotopic (exact) mass is 414 g/mol. The van der Waals surface area contributed by atoms with Crippen LogP contribution in [0.2, 0.25) is 0 Å². The predicted molar refractivity (Wildman–Crippen MR) is 105 cm³/mol. The van der Waals surface area contributed by atoms with Crippen molar-refractivity contribution in [3.63, 3.8) is 0 Å². The first-order valence-corrected chi connectivity index (χ1v) is 9.89. The van der Waals surface area contributed by atoms with Crippen molar-refractivity contribution < 1.29 is 22.7 Å². The molecular formula is C20H29F3N4O2. The van der Waals surface area contributed by atoms with Crippen molar-refractivity contribution in [2.24, 2.45) is 4.99 Å². The van der Waals surface area contributed by atoms with E-state index in [1.165, 1.54) is 6.42 Å². The van der Waals surface area contributed by atoms with Gasteiger partial charge >= 0.3 is 6.18 Å². The molecule has 162 valence electrons. The average molecular weight is 414 g/mol. The summed E-state index contributed by atoms with van der Waals surface area (Å²) in [4.78, 5) is 18.6. The number of ether oxygens (including phenoxy) is 1. The van der Waals surface area contributed by atoms with Gasteiger partial charge in [-0.05, 0) is 37.3 Å². The highest BCUT2D eigenvalue weighted by Crippen LogP contribution is 2.16. The van der Waals surface area contributed by atoms with Gasteiger partial charge in [-0.25, -0.2) is 4.99 Å². The first-order valence-electron chi connectivity index (χ1n) is 9.89. The number of halogens is 3. The lowest BCUT2D eigenvalue weighted by Crippen LogP contribution is -2.46. The summed E-state index contributed by atoms with van der Waals surface area (Å²) in [7, 11) is 0. The van der Waals surface area contributed by atoms with E-state index in [2.05, 4.69) is 20.4 Å². The van der Waals surface area contributed by atoms with Crippen LogP contribution in [0.5, 0.6) is 0 Å². The van der Waals surface area contributed by atoms with Crippen molar-refractivity contribution in [2.75, 3.05) is 32.8 Å². The number of guanidine groups is 1. The fraction of sp³-hybridized carbons (Fsp3) is 0.600. The second-order valence-electron chi connectivity index (χ2n) is 6.91. The molecule has 2 rings (SSSR count). The Morgan fingerprint density at radius 2 is 1.76 bits per heavy atom. The highest BCUT2D eigenvalue weighted by Gasteiger charge is 2.27. The van der Waals surface area contributed by atoms with E-state index in [4.69, 9.17) is 0 Å². The van der Waals surface area contributed by atoms with E-state index in [1.54, 1.807) is 24.3 Å². The first-order chi connectivity index (χ1) is 13.9. The standard InChI is InChI=1S/C20H29F3N4O2/c1-2-24-19(26-13-18(28)27-10-4-3-5-11-27)25-12-16-6-8-17(9-7-16)14-29-15-20(21,22)23/h6-9H,2-5,10-15H2,1H3,(H2,24,25,26). The molecule has 1 aliphatic rings. The van der Waals surface area contributed by atoms with Crippen LogP contribution >= 0.6 is 0 Å². The van der Waals surface area contributed by atoms with E-state index in [0.717, 1.165) is 31.5 Å². The molecule has 0 atom stereocenters. The maximum Gasteiger partial charge on any atom is 0.411 e. The molecule has 0 aliphatic carbocycles.